The fraction of sp³-hybridized carbons (Fsp3) is 0.846. The number of hydrogen-bond donors (Lipinski definition) is 3. The molecule has 1 aliphatic rings. The van der Waals surface area contributed by atoms with Crippen molar-refractivity contribution in [2.45, 2.75) is 30.9 Å². The number of aliphatic carboxylic acids is 1. The maximum Gasteiger partial charge on any atom is 0.326 e. The van der Waals surface area contributed by atoms with Crippen LogP contribution in [0.4, 0.5) is 4.79 Å². The highest BCUT2D eigenvalue weighted by Crippen LogP contribution is 2.21. The summed E-state index contributed by atoms with van der Waals surface area (Å²) in [5.74, 6) is -0.391. The van der Waals surface area contributed by atoms with Gasteiger partial charge >= 0.3 is 12.0 Å². The van der Waals surface area contributed by atoms with Crippen LogP contribution in [0.1, 0.15) is 19.3 Å². The van der Waals surface area contributed by atoms with Crippen molar-refractivity contribution in [3.05, 3.63) is 0 Å². The number of likely N-dealkylation sites (N-methyl/N-ethyl adjacent to an activating group) is 1. The summed E-state index contributed by atoms with van der Waals surface area (Å²) in [5, 5.41) is 21.9. The van der Waals surface area contributed by atoms with Crippen molar-refractivity contribution < 1.29 is 24.5 Å². The van der Waals surface area contributed by atoms with Crippen molar-refractivity contribution in [2.24, 2.45) is 0 Å². The van der Waals surface area contributed by atoms with E-state index >= 15 is 0 Å². The zero-order valence-corrected chi connectivity index (χ0v) is 13.3. The van der Waals surface area contributed by atoms with Crippen LogP contribution in [0.25, 0.3) is 0 Å². The van der Waals surface area contributed by atoms with E-state index in [2.05, 4.69) is 5.32 Å². The van der Waals surface area contributed by atoms with Crippen LogP contribution in [0.5, 0.6) is 0 Å². The fourth-order valence-corrected chi connectivity index (χ4v) is 2.65. The van der Waals surface area contributed by atoms with E-state index in [1.165, 1.54) is 16.7 Å². The second kappa shape index (κ2) is 8.45. The molecule has 1 saturated heterocycles. The Morgan fingerprint density at radius 3 is 2.57 bits per heavy atom. The van der Waals surface area contributed by atoms with Crippen LogP contribution in [0.2, 0.25) is 0 Å². The summed E-state index contributed by atoms with van der Waals surface area (Å²) < 4.78 is 5.19. The van der Waals surface area contributed by atoms with Gasteiger partial charge in [-0.25, -0.2) is 9.59 Å². The smallest absolute Gasteiger partial charge is 0.326 e. The number of nitrogens with one attached hydrogen (secondary N) is 1. The van der Waals surface area contributed by atoms with E-state index in [4.69, 9.17) is 9.84 Å². The van der Waals surface area contributed by atoms with Gasteiger partial charge in [0.25, 0.3) is 0 Å². The number of urea groups is 1. The minimum Gasteiger partial charge on any atom is -0.480 e. The molecule has 0 bridgehead atoms. The van der Waals surface area contributed by atoms with Gasteiger partial charge in [-0.1, -0.05) is 0 Å². The third kappa shape index (κ3) is 6.11. The Labute approximate surface area is 129 Å². The Balaban J connectivity index is 2.50. The van der Waals surface area contributed by atoms with Crippen LogP contribution < -0.4 is 5.32 Å². The zero-order chi connectivity index (χ0) is 15.9. The predicted octanol–water partition coefficient (Wildman–Crippen LogP) is 0.376. The number of carbonyl (C=O) groups is 2. The summed E-state index contributed by atoms with van der Waals surface area (Å²) in [7, 11) is 1.55. The van der Waals surface area contributed by atoms with Crippen molar-refractivity contribution in [3.63, 3.8) is 0 Å². The van der Waals surface area contributed by atoms with Crippen LogP contribution in [-0.4, -0.2) is 77.6 Å². The number of nitrogens with zero attached hydrogens (tertiary/aromatic N) is 1. The van der Waals surface area contributed by atoms with Crippen molar-refractivity contribution in [1.82, 2.24) is 10.2 Å². The molecule has 8 heteroatoms. The Morgan fingerprint density at radius 2 is 2.05 bits per heavy atom. The third-order valence-electron chi connectivity index (χ3n) is 3.51. The zero-order valence-electron chi connectivity index (χ0n) is 12.5. The molecular weight excluding hydrogens is 296 g/mol. The number of ether oxygens (including phenoxy) is 1. The molecule has 1 aliphatic heterocycles. The number of thioether (sulfide) groups is 1. The minimum absolute atomic E-state index is 0.164. The first kappa shape index (κ1) is 18.1. The van der Waals surface area contributed by atoms with Gasteiger partial charge in [-0.15, -0.1) is 0 Å². The number of rotatable bonds is 7. The van der Waals surface area contributed by atoms with Gasteiger partial charge in [0.15, 0.2) is 0 Å². The van der Waals surface area contributed by atoms with E-state index in [9.17, 15) is 14.7 Å². The molecular formula is C13H24N2O5S. The summed E-state index contributed by atoms with van der Waals surface area (Å²) in [4.78, 5) is 24.5. The summed E-state index contributed by atoms with van der Waals surface area (Å²) in [6.07, 6.45) is 3.20. The molecule has 0 aromatic heterocycles. The average Bonchev–Trinajstić information content (AvgIpc) is 2.43. The number of carboxylic acids is 1. The molecule has 0 aromatic rings. The van der Waals surface area contributed by atoms with E-state index in [0.29, 0.717) is 38.2 Å². The van der Waals surface area contributed by atoms with Crippen molar-refractivity contribution in [2.75, 3.05) is 38.8 Å². The lowest BCUT2D eigenvalue weighted by Crippen LogP contribution is -2.52. The molecule has 0 spiro atoms. The summed E-state index contributed by atoms with van der Waals surface area (Å²) in [5.41, 5.74) is -0.956. The molecule has 0 aliphatic carbocycles. The summed E-state index contributed by atoms with van der Waals surface area (Å²) >= 11 is 1.53. The minimum atomic E-state index is -1.05. The number of aliphatic hydroxyl groups is 1. The normalized spacial score (nSPS) is 18.8. The lowest BCUT2D eigenvalue weighted by atomic mass is 9.94. The van der Waals surface area contributed by atoms with Crippen molar-refractivity contribution in [1.29, 1.82) is 0 Å². The number of carbonyl (C=O) groups excluding carboxylic acids is 1. The summed E-state index contributed by atoms with van der Waals surface area (Å²) in [6, 6.07) is -1.39. The molecule has 1 fully saturated rings. The van der Waals surface area contributed by atoms with Crippen molar-refractivity contribution >= 4 is 23.8 Å². The highest BCUT2D eigenvalue weighted by atomic mass is 32.2. The monoisotopic (exact) mass is 320 g/mol. The fourth-order valence-electron chi connectivity index (χ4n) is 2.18. The molecule has 122 valence electrons. The van der Waals surface area contributed by atoms with Crippen LogP contribution in [-0.2, 0) is 9.53 Å². The third-order valence-corrected chi connectivity index (χ3v) is 4.15. The Bertz CT molecular complexity index is 360. The molecule has 1 heterocycles. The van der Waals surface area contributed by atoms with Gasteiger partial charge in [-0.05, 0) is 18.4 Å². The molecule has 0 unspecified atom stereocenters. The first-order valence-corrected chi connectivity index (χ1v) is 8.31. The van der Waals surface area contributed by atoms with Crippen LogP contribution >= 0.6 is 11.8 Å². The van der Waals surface area contributed by atoms with E-state index in [1.807, 2.05) is 6.26 Å². The highest BCUT2D eigenvalue weighted by Gasteiger charge is 2.33. The Morgan fingerprint density at radius 1 is 1.43 bits per heavy atom. The molecule has 0 aromatic carbocycles. The second-order valence-electron chi connectivity index (χ2n) is 5.31. The standard InChI is InChI=1S/C13H24N2O5S/c1-15(9-13(19)4-6-20-7-5-13)12(18)14-10(11(16)17)3-8-21-2/h10,19H,3-9H2,1-2H3,(H,14,18)(H,16,17)/t10-/m0/s1. The molecule has 3 N–H and O–H groups in total. The molecule has 1 atom stereocenters. The first-order valence-electron chi connectivity index (χ1n) is 6.91. The van der Waals surface area contributed by atoms with Gasteiger partial charge in [-0.2, -0.15) is 11.8 Å². The van der Waals surface area contributed by atoms with Gasteiger partial charge in [0.05, 0.1) is 12.1 Å². The maximum atomic E-state index is 12.0. The molecule has 21 heavy (non-hydrogen) atoms. The highest BCUT2D eigenvalue weighted by molar-refractivity contribution is 7.98. The van der Waals surface area contributed by atoms with Gasteiger partial charge in [0.1, 0.15) is 6.04 Å². The van der Waals surface area contributed by atoms with Gasteiger partial charge in [0.2, 0.25) is 0 Å². The predicted molar refractivity (Wildman–Crippen MR) is 80.6 cm³/mol. The van der Waals surface area contributed by atoms with Crippen LogP contribution in [0, 0.1) is 0 Å². The molecule has 7 nitrogen and oxygen atoms in total. The van der Waals surface area contributed by atoms with E-state index in [0.717, 1.165) is 0 Å². The molecule has 2 amide bonds. The molecule has 1 rings (SSSR count). The summed E-state index contributed by atoms with van der Waals surface area (Å²) in [6.45, 7) is 1.10. The van der Waals surface area contributed by atoms with Crippen LogP contribution in [0.3, 0.4) is 0 Å². The van der Waals surface area contributed by atoms with Gasteiger partial charge in [-0.3, -0.25) is 0 Å². The lowest BCUT2D eigenvalue weighted by Gasteiger charge is -2.35. The molecule has 0 radical (unpaired) electrons. The first-order chi connectivity index (χ1) is 9.88. The van der Waals surface area contributed by atoms with Crippen molar-refractivity contribution in [3.8, 4) is 0 Å². The quantitative estimate of drug-likeness (QED) is 0.627. The number of amides is 2. The topological polar surface area (TPSA) is 99.1 Å². The van der Waals surface area contributed by atoms with E-state index in [-0.39, 0.29) is 6.54 Å². The molecule has 0 saturated carbocycles. The largest absolute Gasteiger partial charge is 0.480 e. The van der Waals surface area contributed by atoms with E-state index in [1.54, 1.807) is 7.05 Å². The Hall–Kier alpha value is -0.990. The number of hydrogen-bond acceptors (Lipinski definition) is 5. The van der Waals surface area contributed by atoms with E-state index < -0.39 is 23.6 Å². The second-order valence-corrected chi connectivity index (χ2v) is 6.30. The van der Waals surface area contributed by atoms with Gasteiger partial charge < -0.3 is 25.2 Å². The maximum absolute atomic E-state index is 12.0. The lowest BCUT2D eigenvalue weighted by molar-refractivity contribution is -0.139. The Kier molecular flexibility index (Phi) is 7.27. The van der Waals surface area contributed by atoms with Crippen LogP contribution in [0.15, 0.2) is 0 Å². The SMILES string of the molecule is CSCC[C@H](NC(=O)N(C)CC1(O)CCOCC1)C(=O)O. The van der Waals surface area contributed by atoms with Gasteiger partial charge in [0, 0.05) is 33.1 Å². The average molecular weight is 320 g/mol. The number of carboxylic acid groups (broad SMARTS) is 1.